The summed E-state index contributed by atoms with van der Waals surface area (Å²) in [5.41, 5.74) is 1.52. The molecule has 4 rings (SSSR count). The van der Waals surface area contributed by atoms with Crippen molar-refractivity contribution in [3.8, 4) is 22.8 Å². The molecule has 5 nitrogen and oxygen atoms in total. The van der Waals surface area contributed by atoms with Crippen LogP contribution in [0.15, 0.2) is 24.5 Å². The predicted octanol–water partition coefficient (Wildman–Crippen LogP) is 3.78. The number of hydrogen-bond donors (Lipinski definition) is 1. The molecule has 1 aliphatic carbocycles. The van der Waals surface area contributed by atoms with E-state index >= 15 is 0 Å². The minimum Gasteiger partial charge on any atom is -0.486 e. The van der Waals surface area contributed by atoms with Crippen molar-refractivity contribution in [3.05, 3.63) is 29.5 Å². The molecule has 6 heteroatoms. The van der Waals surface area contributed by atoms with E-state index in [0.29, 0.717) is 29.7 Å². The zero-order valence-corrected chi connectivity index (χ0v) is 13.5. The van der Waals surface area contributed by atoms with Crippen molar-refractivity contribution in [2.24, 2.45) is 5.92 Å². The van der Waals surface area contributed by atoms with Crippen LogP contribution in [-0.2, 0) is 0 Å². The second kappa shape index (κ2) is 6.24. The van der Waals surface area contributed by atoms with Gasteiger partial charge in [-0.05, 0) is 24.8 Å². The van der Waals surface area contributed by atoms with Crippen LogP contribution in [0, 0.1) is 5.92 Å². The Kier molecular flexibility index (Phi) is 3.95. The number of rotatable bonds is 4. The SMILES string of the molecule is Clc1cc2c(cc1-c1cnc(NCC3CCC3)cn1)OCCO2. The van der Waals surface area contributed by atoms with E-state index in [4.69, 9.17) is 21.1 Å². The van der Waals surface area contributed by atoms with E-state index in [0.717, 1.165) is 29.5 Å². The second-order valence-corrected chi connectivity index (χ2v) is 6.35. The van der Waals surface area contributed by atoms with Crippen molar-refractivity contribution in [3.63, 3.8) is 0 Å². The fraction of sp³-hybridized carbons (Fsp3) is 0.412. The number of ether oxygens (including phenoxy) is 2. The van der Waals surface area contributed by atoms with Gasteiger partial charge >= 0.3 is 0 Å². The van der Waals surface area contributed by atoms with E-state index in [1.54, 1.807) is 18.5 Å². The summed E-state index contributed by atoms with van der Waals surface area (Å²) in [6, 6.07) is 3.64. The van der Waals surface area contributed by atoms with Crippen LogP contribution in [0.5, 0.6) is 11.5 Å². The fourth-order valence-corrected chi connectivity index (χ4v) is 3.01. The van der Waals surface area contributed by atoms with E-state index in [1.807, 2.05) is 6.07 Å². The monoisotopic (exact) mass is 331 g/mol. The van der Waals surface area contributed by atoms with Crippen molar-refractivity contribution in [1.82, 2.24) is 9.97 Å². The number of fused-ring (bicyclic) bond motifs is 1. The molecule has 1 aliphatic heterocycles. The largest absolute Gasteiger partial charge is 0.486 e. The quantitative estimate of drug-likeness (QED) is 0.924. The lowest BCUT2D eigenvalue weighted by Gasteiger charge is -2.25. The number of nitrogens with zero attached hydrogens (tertiary/aromatic N) is 2. The average molecular weight is 332 g/mol. The normalized spacial score (nSPS) is 16.7. The molecule has 0 atom stereocenters. The van der Waals surface area contributed by atoms with Gasteiger partial charge in [-0.2, -0.15) is 0 Å². The standard InChI is InChI=1S/C17H18ClN3O2/c18-13-7-16-15(22-4-5-23-16)6-12(13)14-9-21-17(10-19-14)20-8-11-2-1-3-11/h6-7,9-11H,1-5,8H2,(H,20,21). The fourth-order valence-electron chi connectivity index (χ4n) is 2.76. The number of hydrogen-bond acceptors (Lipinski definition) is 5. The molecule has 1 aromatic heterocycles. The van der Waals surface area contributed by atoms with Gasteiger partial charge in [0.25, 0.3) is 0 Å². The zero-order chi connectivity index (χ0) is 15.6. The molecule has 1 saturated carbocycles. The molecular formula is C17H18ClN3O2. The summed E-state index contributed by atoms with van der Waals surface area (Å²) >= 11 is 6.35. The maximum atomic E-state index is 6.35. The number of aromatic nitrogens is 2. The van der Waals surface area contributed by atoms with Crippen molar-refractivity contribution < 1.29 is 9.47 Å². The number of benzene rings is 1. The lowest BCUT2D eigenvalue weighted by Crippen LogP contribution is -2.21. The Labute approximate surface area is 140 Å². The topological polar surface area (TPSA) is 56.3 Å². The Hall–Kier alpha value is -2.01. The summed E-state index contributed by atoms with van der Waals surface area (Å²) in [5.74, 6) is 2.96. The van der Waals surface area contributed by atoms with Crippen LogP contribution >= 0.6 is 11.6 Å². The van der Waals surface area contributed by atoms with Crippen LogP contribution in [0.4, 0.5) is 5.82 Å². The lowest BCUT2D eigenvalue weighted by atomic mass is 9.85. The highest BCUT2D eigenvalue weighted by molar-refractivity contribution is 6.33. The van der Waals surface area contributed by atoms with E-state index in [-0.39, 0.29) is 0 Å². The number of nitrogens with one attached hydrogen (secondary N) is 1. The summed E-state index contributed by atoms with van der Waals surface area (Å²) in [4.78, 5) is 8.91. The van der Waals surface area contributed by atoms with Gasteiger partial charge in [-0.3, -0.25) is 4.98 Å². The molecule has 0 spiro atoms. The molecule has 120 valence electrons. The van der Waals surface area contributed by atoms with Crippen molar-refractivity contribution in [1.29, 1.82) is 0 Å². The highest BCUT2D eigenvalue weighted by Gasteiger charge is 2.18. The molecule has 2 aliphatic rings. The summed E-state index contributed by atoms with van der Waals surface area (Å²) < 4.78 is 11.1. The molecular weight excluding hydrogens is 314 g/mol. The smallest absolute Gasteiger partial charge is 0.162 e. The zero-order valence-electron chi connectivity index (χ0n) is 12.7. The molecule has 2 aromatic rings. The van der Waals surface area contributed by atoms with Crippen molar-refractivity contribution in [2.75, 3.05) is 25.1 Å². The summed E-state index contributed by atoms with van der Waals surface area (Å²) in [5, 5.41) is 3.92. The van der Waals surface area contributed by atoms with Crippen molar-refractivity contribution in [2.45, 2.75) is 19.3 Å². The first kappa shape index (κ1) is 14.6. The Morgan fingerprint density at radius 1 is 1.09 bits per heavy atom. The number of halogens is 1. The van der Waals surface area contributed by atoms with Crippen LogP contribution in [0.3, 0.4) is 0 Å². The molecule has 0 saturated heterocycles. The molecule has 1 N–H and O–H groups in total. The Morgan fingerprint density at radius 3 is 2.52 bits per heavy atom. The van der Waals surface area contributed by atoms with Gasteiger partial charge in [-0.15, -0.1) is 0 Å². The average Bonchev–Trinajstić information content (AvgIpc) is 2.53. The highest BCUT2D eigenvalue weighted by atomic mass is 35.5. The molecule has 1 fully saturated rings. The maximum Gasteiger partial charge on any atom is 0.162 e. The summed E-state index contributed by atoms with van der Waals surface area (Å²) in [6.45, 7) is 2.06. The highest BCUT2D eigenvalue weighted by Crippen LogP contribution is 2.39. The molecule has 0 amide bonds. The third-order valence-electron chi connectivity index (χ3n) is 4.36. The molecule has 23 heavy (non-hydrogen) atoms. The van der Waals surface area contributed by atoms with E-state index in [1.165, 1.54) is 19.3 Å². The first-order valence-electron chi connectivity index (χ1n) is 7.95. The van der Waals surface area contributed by atoms with E-state index in [2.05, 4.69) is 15.3 Å². The first-order chi connectivity index (χ1) is 11.3. The third-order valence-corrected chi connectivity index (χ3v) is 4.67. The van der Waals surface area contributed by atoms with Gasteiger partial charge in [0.05, 0.1) is 23.1 Å². The van der Waals surface area contributed by atoms with Gasteiger partial charge in [-0.1, -0.05) is 18.0 Å². The maximum absolute atomic E-state index is 6.35. The van der Waals surface area contributed by atoms with Gasteiger partial charge in [0.2, 0.25) is 0 Å². The molecule has 0 unspecified atom stereocenters. The van der Waals surface area contributed by atoms with Gasteiger partial charge in [0.15, 0.2) is 11.5 Å². The minimum atomic E-state index is 0.545. The molecule has 2 heterocycles. The van der Waals surface area contributed by atoms with Crippen LogP contribution in [0.1, 0.15) is 19.3 Å². The van der Waals surface area contributed by atoms with Crippen LogP contribution in [0.25, 0.3) is 11.3 Å². The lowest BCUT2D eigenvalue weighted by molar-refractivity contribution is 0.171. The molecule has 0 radical (unpaired) electrons. The van der Waals surface area contributed by atoms with Gasteiger partial charge in [0.1, 0.15) is 19.0 Å². The van der Waals surface area contributed by atoms with Crippen LogP contribution < -0.4 is 14.8 Å². The van der Waals surface area contributed by atoms with Crippen LogP contribution in [0.2, 0.25) is 5.02 Å². The molecule has 0 bridgehead atoms. The number of anilines is 1. The molecule has 1 aromatic carbocycles. The van der Waals surface area contributed by atoms with Crippen molar-refractivity contribution >= 4 is 17.4 Å². The Balaban J connectivity index is 1.53. The van der Waals surface area contributed by atoms with E-state index in [9.17, 15) is 0 Å². The minimum absolute atomic E-state index is 0.545. The first-order valence-corrected chi connectivity index (χ1v) is 8.33. The van der Waals surface area contributed by atoms with Gasteiger partial charge in [0, 0.05) is 18.2 Å². The Morgan fingerprint density at radius 2 is 1.87 bits per heavy atom. The predicted molar refractivity (Wildman–Crippen MR) is 89.3 cm³/mol. The van der Waals surface area contributed by atoms with Gasteiger partial charge in [-0.25, -0.2) is 4.98 Å². The van der Waals surface area contributed by atoms with Crippen LogP contribution in [-0.4, -0.2) is 29.7 Å². The second-order valence-electron chi connectivity index (χ2n) is 5.94. The Bertz CT molecular complexity index is 702. The van der Waals surface area contributed by atoms with E-state index < -0.39 is 0 Å². The summed E-state index contributed by atoms with van der Waals surface area (Å²) in [6.07, 6.45) is 7.46. The third kappa shape index (κ3) is 3.06. The summed E-state index contributed by atoms with van der Waals surface area (Å²) in [7, 11) is 0. The van der Waals surface area contributed by atoms with Gasteiger partial charge < -0.3 is 14.8 Å².